The van der Waals surface area contributed by atoms with Crippen LogP contribution in [0.3, 0.4) is 0 Å². The van der Waals surface area contributed by atoms with Crippen molar-refractivity contribution in [2.24, 2.45) is 5.73 Å². The maximum atomic E-state index is 12.5. The molecule has 0 saturated heterocycles. The zero-order chi connectivity index (χ0) is 41.8. The number of hydrogen-bond acceptors (Lipinski definition) is 8. The van der Waals surface area contributed by atoms with Gasteiger partial charge in [-0.25, -0.2) is 4.57 Å². The fourth-order valence-corrected chi connectivity index (χ4v) is 5.59. The smallest absolute Gasteiger partial charge is 0.462 e. The minimum Gasteiger partial charge on any atom is -0.462 e. The van der Waals surface area contributed by atoms with E-state index in [9.17, 15) is 19.0 Å². The fraction of sp³-hybridized carbons (Fsp3) is 0.532. The second-order valence-corrected chi connectivity index (χ2v) is 14.5. The lowest BCUT2D eigenvalue weighted by Gasteiger charge is -2.19. The van der Waals surface area contributed by atoms with Crippen LogP contribution in [-0.2, 0) is 32.7 Å². The second kappa shape index (κ2) is 42.0. The Morgan fingerprint density at radius 2 is 0.947 bits per heavy atom. The molecule has 2 unspecified atom stereocenters. The van der Waals surface area contributed by atoms with Crippen LogP contribution < -0.4 is 5.73 Å². The summed E-state index contributed by atoms with van der Waals surface area (Å²) in [6, 6.07) is 0. The van der Waals surface area contributed by atoms with Crippen LogP contribution in [0.1, 0.15) is 129 Å². The van der Waals surface area contributed by atoms with E-state index in [1.807, 2.05) is 12.2 Å². The summed E-state index contributed by atoms with van der Waals surface area (Å²) in [6.07, 6.45) is 56.7. The number of carbonyl (C=O) groups excluding carboxylic acids is 2. The summed E-state index contributed by atoms with van der Waals surface area (Å²) in [6.45, 7) is 3.35. The van der Waals surface area contributed by atoms with E-state index in [2.05, 4.69) is 123 Å². The van der Waals surface area contributed by atoms with Gasteiger partial charge >= 0.3 is 19.8 Å². The van der Waals surface area contributed by atoms with Crippen LogP contribution in [0.15, 0.2) is 122 Å². The molecule has 0 radical (unpaired) electrons. The molecule has 0 saturated carbocycles. The highest BCUT2D eigenvalue weighted by Crippen LogP contribution is 2.43. The van der Waals surface area contributed by atoms with E-state index >= 15 is 0 Å². The Bertz CT molecular complexity index is 1340. The topological polar surface area (TPSA) is 134 Å². The quantitative estimate of drug-likeness (QED) is 0.0272. The summed E-state index contributed by atoms with van der Waals surface area (Å²) >= 11 is 0. The van der Waals surface area contributed by atoms with Crippen molar-refractivity contribution in [2.45, 2.75) is 136 Å². The van der Waals surface area contributed by atoms with Crippen LogP contribution in [-0.4, -0.2) is 49.3 Å². The van der Waals surface area contributed by atoms with Crippen LogP contribution in [0.25, 0.3) is 0 Å². The van der Waals surface area contributed by atoms with Gasteiger partial charge in [0.25, 0.3) is 0 Å². The Morgan fingerprint density at radius 1 is 0.526 bits per heavy atom. The van der Waals surface area contributed by atoms with Gasteiger partial charge in [-0.3, -0.25) is 18.6 Å². The normalized spacial score (nSPS) is 14.5. The monoisotopic (exact) mass is 812 g/mol. The zero-order valence-corrected chi connectivity index (χ0v) is 35.9. The molecule has 0 amide bonds. The average Bonchev–Trinajstić information content (AvgIpc) is 3.20. The first-order chi connectivity index (χ1) is 27.8. The van der Waals surface area contributed by atoms with Crippen molar-refractivity contribution in [3.05, 3.63) is 122 Å². The number of phosphoric ester groups is 1. The van der Waals surface area contributed by atoms with E-state index in [1.165, 1.54) is 0 Å². The first-order valence-corrected chi connectivity index (χ1v) is 22.5. The molecule has 0 heterocycles. The van der Waals surface area contributed by atoms with Gasteiger partial charge in [-0.15, -0.1) is 0 Å². The van der Waals surface area contributed by atoms with E-state index < -0.39 is 32.5 Å². The van der Waals surface area contributed by atoms with Crippen molar-refractivity contribution in [1.82, 2.24) is 0 Å². The van der Waals surface area contributed by atoms with Gasteiger partial charge in [-0.1, -0.05) is 148 Å². The second-order valence-electron chi connectivity index (χ2n) is 13.1. The summed E-state index contributed by atoms with van der Waals surface area (Å²) < 4.78 is 32.6. The third kappa shape index (κ3) is 41.9. The first-order valence-electron chi connectivity index (χ1n) is 21.0. The molecule has 10 heteroatoms. The SMILES string of the molecule is CCC=CCC=CCC=CCC=CCC=CCC=CCCC(=O)OC(COC(=O)CCCCCCC=CCC=CCC=CCC=CCC)COP(=O)(O)OCCN. The van der Waals surface area contributed by atoms with Gasteiger partial charge in [0.05, 0.1) is 13.2 Å². The molecule has 0 aliphatic carbocycles. The molecule has 320 valence electrons. The lowest BCUT2D eigenvalue weighted by atomic mass is 10.1. The minimum atomic E-state index is -4.41. The van der Waals surface area contributed by atoms with E-state index in [0.717, 1.165) is 89.9 Å². The number of rotatable bonds is 37. The van der Waals surface area contributed by atoms with Crippen molar-refractivity contribution in [1.29, 1.82) is 0 Å². The molecule has 3 N–H and O–H groups in total. The van der Waals surface area contributed by atoms with Crippen LogP contribution in [0.4, 0.5) is 0 Å². The molecule has 0 aliphatic rings. The number of carbonyl (C=O) groups is 2. The molecule has 2 atom stereocenters. The summed E-state index contributed by atoms with van der Waals surface area (Å²) in [5.41, 5.74) is 5.34. The lowest BCUT2D eigenvalue weighted by Crippen LogP contribution is -2.29. The molecule has 0 aromatic carbocycles. The summed E-state index contributed by atoms with van der Waals surface area (Å²) in [5, 5.41) is 0. The number of hydrogen-bond donors (Lipinski definition) is 2. The standard InChI is InChI=1S/C47H74NO8P/c1-3-5-7-9-11-13-15-17-19-21-22-24-26-28-30-32-34-36-38-40-47(50)56-45(44-55-57(51,52)54-42-41-48)43-53-46(49)39-37-35-33-31-29-27-25-23-20-18-16-14-12-10-8-6-4-2/h5-8,11-14,17-20,22,24-25,27-28,30,34,36,45H,3-4,9-10,15-16,21,23,26,29,31-33,35,37-44,48H2,1-2H3,(H,51,52). The van der Waals surface area contributed by atoms with Crippen molar-refractivity contribution < 1.29 is 37.6 Å². The molecular weight excluding hydrogens is 737 g/mol. The van der Waals surface area contributed by atoms with E-state index in [0.29, 0.717) is 12.8 Å². The molecular formula is C47H74NO8P. The van der Waals surface area contributed by atoms with Gasteiger partial charge in [0, 0.05) is 19.4 Å². The highest BCUT2D eigenvalue weighted by molar-refractivity contribution is 7.47. The highest BCUT2D eigenvalue weighted by atomic mass is 31.2. The molecule has 57 heavy (non-hydrogen) atoms. The Morgan fingerprint density at radius 3 is 1.40 bits per heavy atom. The van der Waals surface area contributed by atoms with Crippen molar-refractivity contribution in [2.75, 3.05) is 26.4 Å². The van der Waals surface area contributed by atoms with Gasteiger partial charge < -0.3 is 20.1 Å². The predicted octanol–water partition coefficient (Wildman–Crippen LogP) is 12.2. The Labute approximate surface area is 345 Å². The third-order valence-electron chi connectivity index (χ3n) is 7.86. The van der Waals surface area contributed by atoms with Crippen molar-refractivity contribution in [3.63, 3.8) is 0 Å². The number of esters is 2. The Kier molecular flexibility index (Phi) is 39.4. The number of ether oxygens (including phenoxy) is 2. The molecule has 0 aliphatic heterocycles. The minimum absolute atomic E-state index is 0.0307. The van der Waals surface area contributed by atoms with Crippen LogP contribution in [0.2, 0.25) is 0 Å². The molecule has 0 fully saturated rings. The number of unbranched alkanes of at least 4 members (excludes halogenated alkanes) is 4. The van der Waals surface area contributed by atoms with Crippen molar-refractivity contribution in [3.8, 4) is 0 Å². The van der Waals surface area contributed by atoms with Crippen molar-refractivity contribution >= 4 is 19.8 Å². The Hall–Kier alpha value is -3.59. The number of phosphoric acid groups is 1. The molecule has 0 bridgehead atoms. The van der Waals surface area contributed by atoms with Gasteiger partial charge in [0.1, 0.15) is 6.61 Å². The predicted molar refractivity (Wildman–Crippen MR) is 237 cm³/mol. The highest BCUT2D eigenvalue weighted by Gasteiger charge is 2.25. The first kappa shape index (κ1) is 53.4. The summed E-state index contributed by atoms with van der Waals surface area (Å²) in [5.74, 6) is -0.970. The third-order valence-corrected chi connectivity index (χ3v) is 8.84. The van der Waals surface area contributed by atoms with Crippen LogP contribution in [0, 0.1) is 0 Å². The van der Waals surface area contributed by atoms with Crippen LogP contribution >= 0.6 is 7.82 Å². The lowest BCUT2D eigenvalue weighted by molar-refractivity contribution is -0.161. The van der Waals surface area contributed by atoms with Gasteiger partial charge in [-0.2, -0.15) is 0 Å². The van der Waals surface area contributed by atoms with E-state index in [4.69, 9.17) is 24.3 Å². The fourth-order valence-electron chi connectivity index (χ4n) is 4.83. The van der Waals surface area contributed by atoms with Gasteiger partial charge in [0.2, 0.25) is 0 Å². The van der Waals surface area contributed by atoms with Crippen LogP contribution in [0.5, 0.6) is 0 Å². The maximum Gasteiger partial charge on any atom is 0.472 e. The maximum absolute atomic E-state index is 12.5. The summed E-state index contributed by atoms with van der Waals surface area (Å²) in [4.78, 5) is 34.8. The van der Waals surface area contributed by atoms with Gasteiger partial charge in [0.15, 0.2) is 6.10 Å². The molecule has 9 nitrogen and oxygen atoms in total. The van der Waals surface area contributed by atoms with E-state index in [-0.39, 0.29) is 32.6 Å². The Balaban J connectivity index is 4.38. The number of allylic oxidation sites excluding steroid dienone is 20. The molecule has 0 spiro atoms. The van der Waals surface area contributed by atoms with Gasteiger partial charge in [-0.05, 0) is 89.9 Å². The van der Waals surface area contributed by atoms with E-state index in [1.54, 1.807) is 0 Å². The summed E-state index contributed by atoms with van der Waals surface area (Å²) in [7, 11) is -4.41. The molecule has 0 aromatic rings. The largest absolute Gasteiger partial charge is 0.472 e. The number of nitrogens with two attached hydrogens (primary N) is 1. The molecule has 0 rings (SSSR count). The zero-order valence-electron chi connectivity index (χ0n) is 35.0. The average molecular weight is 812 g/mol. The molecule has 0 aromatic heterocycles.